The third-order valence-corrected chi connectivity index (χ3v) is 4.56. The largest absolute Gasteiger partial charge is 0.477 e. The lowest BCUT2D eigenvalue weighted by Crippen LogP contribution is -2.10. The fourth-order valence-electron chi connectivity index (χ4n) is 3.10. The molecule has 0 fully saturated rings. The van der Waals surface area contributed by atoms with Gasteiger partial charge in [0.25, 0.3) is 0 Å². The molecule has 3 aromatic rings. The Labute approximate surface area is 192 Å². The van der Waals surface area contributed by atoms with Crippen LogP contribution in [0, 0.1) is 6.92 Å². The van der Waals surface area contributed by atoms with Gasteiger partial charge in [0.2, 0.25) is 0 Å². The number of carboxylic acid groups (broad SMARTS) is 1. The molecule has 3 rings (SSSR count). The van der Waals surface area contributed by atoms with Crippen LogP contribution in [0.25, 0.3) is 22.0 Å². The van der Waals surface area contributed by atoms with Crippen LogP contribution in [-0.4, -0.2) is 39.3 Å². The number of rotatable bonds is 5. The summed E-state index contributed by atoms with van der Waals surface area (Å²) in [6.07, 6.45) is 0.119. The summed E-state index contributed by atoms with van der Waals surface area (Å²) < 4.78 is 5.12. The molecule has 0 radical (unpaired) electrons. The van der Waals surface area contributed by atoms with Crippen LogP contribution in [0.15, 0.2) is 42.5 Å². The topological polar surface area (TPSA) is 96.7 Å². The number of aromatic carboxylic acids is 1. The van der Waals surface area contributed by atoms with Gasteiger partial charge in [0.1, 0.15) is 5.69 Å². The van der Waals surface area contributed by atoms with Gasteiger partial charge in [-0.25, -0.2) is 9.78 Å². The number of hydrogen-bond donors (Lipinski definition) is 2. The van der Waals surface area contributed by atoms with E-state index in [1.807, 2.05) is 19.1 Å². The Bertz CT molecular complexity index is 1110. The van der Waals surface area contributed by atoms with Crippen LogP contribution in [0.4, 0.5) is 0 Å². The van der Waals surface area contributed by atoms with E-state index in [0.29, 0.717) is 17.1 Å². The molecule has 0 bridgehead atoms. The molecule has 1 aromatic heterocycles. The van der Waals surface area contributed by atoms with E-state index in [4.69, 9.17) is 21.4 Å². The van der Waals surface area contributed by atoms with E-state index in [2.05, 4.69) is 4.98 Å². The Morgan fingerprint density at radius 1 is 1.09 bits per heavy atom. The molecular formula is C25H28ClNO5. The van der Waals surface area contributed by atoms with E-state index in [0.717, 1.165) is 27.6 Å². The van der Waals surface area contributed by atoms with E-state index < -0.39 is 11.6 Å². The summed E-state index contributed by atoms with van der Waals surface area (Å²) in [4.78, 5) is 27.7. The minimum Gasteiger partial charge on any atom is -0.477 e. The molecular weight excluding hydrogens is 430 g/mol. The normalized spacial score (nSPS) is 11.0. The van der Waals surface area contributed by atoms with Crippen molar-refractivity contribution in [2.24, 2.45) is 0 Å². The van der Waals surface area contributed by atoms with Crippen molar-refractivity contribution in [3.63, 3.8) is 0 Å². The number of aromatic nitrogens is 1. The van der Waals surface area contributed by atoms with Crippen molar-refractivity contribution < 1.29 is 24.5 Å². The lowest BCUT2D eigenvalue weighted by Gasteiger charge is -2.16. The van der Waals surface area contributed by atoms with Gasteiger partial charge in [-0.2, -0.15) is 0 Å². The Balaban J connectivity index is 0.000000654. The first-order chi connectivity index (χ1) is 14.9. The molecule has 0 unspecified atom stereocenters. The maximum Gasteiger partial charge on any atom is 0.354 e. The Hall–Kier alpha value is -2.96. The summed E-state index contributed by atoms with van der Waals surface area (Å²) in [7, 11) is 0. The first-order valence-electron chi connectivity index (χ1n) is 10.2. The predicted octanol–water partition coefficient (Wildman–Crippen LogP) is 5.44. The van der Waals surface area contributed by atoms with Crippen LogP contribution in [0.2, 0.25) is 5.02 Å². The number of benzene rings is 2. The van der Waals surface area contributed by atoms with Crippen LogP contribution in [0.1, 0.15) is 49.3 Å². The van der Waals surface area contributed by atoms with Crippen LogP contribution < -0.4 is 0 Å². The number of ether oxygens (including phenoxy) is 1. The van der Waals surface area contributed by atoms with E-state index in [1.165, 1.54) is 6.07 Å². The summed E-state index contributed by atoms with van der Waals surface area (Å²) >= 11 is 6.02. The number of pyridine rings is 1. The van der Waals surface area contributed by atoms with E-state index in [1.54, 1.807) is 52.0 Å². The quantitative estimate of drug-likeness (QED) is 0.495. The first-order valence-corrected chi connectivity index (χ1v) is 10.6. The van der Waals surface area contributed by atoms with Crippen molar-refractivity contribution >= 4 is 34.4 Å². The van der Waals surface area contributed by atoms with Crippen LogP contribution in [0.5, 0.6) is 0 Å². The number of fused-ring (bicyclic) bond motifs is 1. The van der Waals surface area contributed by atoms with Crippen LogP contribution in [0.3, 0.4) is 0 Å². The maximum absolute atomic E-state index is 12.1. The highest BCUT2D eigenvalue weighted by Crippen LogP contribution is 2.35. The van der Waals surface area contributed by atoms with E-state index in [-0.39, 0.29) is 18.1 Å². The SMILES string of the molecule is CC(C)(C)O.CCOC(=O)Cc1c(C)cc2nc(C(=O)O)ccc2c1-c1ccc(Cl)cc1. The van der Waals surface area contributed by atoms with Crippen molar-refractivity contribution in [3.05, 3.63) is 64.3 Å². The maximum atomic E-state index is 12.1. The van der Waals surface area contributed by atoms with Crippen LogP contribution >= 0.6 is 11.6 Å². The fraction of sp³-hybridized carbons (Fsp3) is 0.320. The number of hydrogen-bond acceptors (Lipinski definition) is 5. The lowest BCUT2D eigenvalue weighted by molar-refractivity contribution is -0.142. The summed E-state index contributed by atoms with van der Waals surface area (Å²) in [5.41, 5.74) is 3.41. The smallest absolute Gasteiger partial charge is 0.354 e. The second-order valence-electron chi connectivity index (χ2n) is 8.27. The van der Waals surface area contributed by atoms with Crippen molar-refractivity contribution in [2.45, 2.75) is 46.6 Å². The van der Waals surface area contributed by atoms with Gasteiger partial charge in [-0.1, -0.05) is 23.7 Å². The number of carbonyl (C=O) groups excluding carboxylic acids is 1. The van der Waals surface area contributed by atoms with Gasteiger partial charge in [0, 0.05) is 10.4 Å². The number of esters is 1. The standard InChI is InChI=1S/C21H18ClNO4.C4H10O/c1-3-27-19(24)11-16-12(2)10-18-15(8-9-17(23-18)21(25)26)20(16)13-4-6-14(22)7-5-13;1-4(2,3)5/h4-10H,3,11H2,1-2H3,(H,25,26);5H,1-3H3. The highest BCUT2D eigenvalue weighted by atomic mass is 35.5. The summed E-state index contributed by atoms with van der Waals surface area (Å²) in [5.74, 6) is -1.40. The molecule has 0 saturated carbocycles. The van der Waals surface area contributed by atoms with Crippen LogP contribution in [-0.2, 0) is 16.0 Å². The van der Waals surface area contributed by atoms with Crippen molar-refractivity contribution in [1.82, 2.24) is 4.98 Å². The summed E-state index contributed by atoms with van der Waals surface area (Å²) in [6, 6.07) is 12.3. The van der Waals surface area contributed by atoms with Gasteiger partial charge >= 0.3 is 11.9 Å². The average molecular weight is 458 g/mol. The molecule has 1 heterocycles. The second kappa shape index (κ2) is 10.6. The Morgan fingerprint density at radius 2 is 1.69 bits per heavy atom. The molecule has 0 aliphatic carbocycles. The van der Waals surface area contributed by atoms with Gasteiger partial charge in [-0.3, -0.25) is 4.79 Å². The predicted molar refractivity (Wildman–Crippen MR) is 126 cm³/mol. The molecule has 0 saturated heterocycles. The molecule has 32 heavy (non-hydrogen) atoms. The zero-order valence-corrected chi connectivity index (χ0v) is 19.7. The highest BCUT2D eigenvalue weighted by molar-refractivity contribution is 6.30. The number of halogens is 1. The van der Waals surface area contributed by atoms with Gasteiger partial charge in [-0.05, 0) is 87.2 Å². The van der Waals surface area contributed by atoms with Crippen molar-refractivity contribution in [2.75, 3.05) is 6.61 Å². The van der Waals surface area contributed by atoms with Gasteiger partial charge in [0.05, 0.1) is 24.1 Å². The van der Waals surface area contributed by atoms with Gasteiger partial charge < -0.3 is 14.9 Å². The molecule has 0 aliphatic rings. The second-order valence-corrected chi connectivity index (χ2v) is 8.71. The molecule has 2 aromatic carbocycles. The molecule has 7 heteroatoms. The van der Waals surface area contributed by atoms with Crippen molar-refractivity contribution in [3.8, 4) is 11.1 Å². The summed E-state index contributed by atoms with van der Waals surface area (Å²) in [5, 5.41) is 19.1. The van der Waals surface area contributed by atoms with E-state index in [9.17, 15) is 14.7 Å². The lowest BCUT2D eigenvalue weighted by atomic mass is 9.90. The molecule has 0 aliphatic heterocycles. The third-order valence-electron chi connectivity index (χ3n) is 4.30. The molecule has 170 valence electrons. The first kappa shape index (κ1) is 25.3. The molecule has 0 amide bonds. The molecule has 2 N–H and O–H groups in total. The number of carboxylic acids is 1. The zero-order valence-electron chi connectivity index (χ0n) is 18.9. The van der Waals surface area contributed by atoms with Gasteiger partial charge in [0.15, 0.2) is 0 Å². The third kappa shape index (κ3) is 7.04. The minimum absolute atomic E-state index is 0.0258. The van der Waals surface area contributed by atoms with Crippen molar-refractivity contribution in [1.29, 1.82) is 0 Å². The number of aliphatic hydroxyl groups is 1. The van der Waals surface area contributed by atoms with E-state index >= 15 is 0 Å². The van der Waals surface area contributed by atoms with Gasteiger partial charge in [-0.15, -0.1) is 0 Å². The number of carbonyl (C=O) groups is 2. The number of aryl methyl sites for hydroxylation is 1. The molecule has 6 nitrogen and oxygen atoms in total. The Kier molecular flexibility index (Phi) is 8.36. The monoisotopic (exact) mass is 457 g/mol. The fourth-order valence-corrected chi connectivity index (χ4v) is 3.22. The Morgan fingerprint density at radius 3 is 2.22 bits per heavy atom. The average Bonchev–Trinajstić information content (AvgIpc) is 2.68. The minimum atomic E-state index is -1.09. The number of nitrogens with zero attached hydrogens (tertiary/aromatic N) is 1. The molecule has 0 atom stereocenters. The summed E-state index contributed by atoms with van der Waals surface area (Å²) in [6.45, 7) is 9.18. The highest BCUT2D eigenvalue weighted by Gasteiger charge is 2.18. The molecule has 0 spiro atoms. The zero-order chi connectivity index (χ0) is 24.1.